The van der Waals surface area contributed by atoms with Crippen LogP contribution in [-0.4, -0.2) is 18.7 Å². The Morgan fingerprint density at radius 1 is 1.47 bits per heavy atom. The van der Waals surface area contributed by atoms with Crippen molar-refractivity contribution in [3.63, 3.8) is 0 Å². The molecule has 1 fully saturated rings. The fourth-order valence-corrected chi connectivity index (χ4v) is 1.58. The van der Waals surface area contributed by atoms with Gasteiger partial charge in [-0.05, 0) is 44.4 Å². The maximum atomic E-state index is 5.81. The first-order valence-electron chi connectivity index (χ1n) is 5.71. The summed E-state index contributed by atoms with van der Waals surface area (Å²) in [6.45, 7) is 5.14. The van der Waals surface area contributed by atoms with Crippen LogP contribution in [0, 0.1) is 6.92 Å². The summed E-state index contributed by atoms with van der Waals surface area (Å²) in [5.74, 6) is 0.972. The largest absolute Gasteiger partial charge is 0.489 e. The van der Waals surface area contributed by atoms with Crippen molar-refractivity contribution in [2.45, 2.75) is 38.8 Å². The van der Waals surface area contributed by atoms with E-state index in [-0.39, 0.29) is 6.10 Å². The molecule has 2 heteroatoms. The highest BCUT2D eigenvalue weighted by atomic mass is 16.5. The molecular formula is C13H19NO. The number of hydrogen-bond donors (Lipinski definition) is 1. The fraction of sp³-hybridized carbons (Fsp3) is 0.538. The van der Waals surface area contributed by atoms with Crippen molar-refractivity contribution < 1.29 is 4.74 Å². The van der Waals surface area contributed by atoms with Crippen LogP contribution < -0.4 is 10.1 Å². The van der Waals surface area contributed by atoms with E-state index in [0.29, 0.717) is 0 Å². The molecule has 0 radical (unpaired) electrons. The third-order valence-corrected chi connectivity index (χ3v) is 2.60. The second-order valence-corrected chi connectivity index (χ2v) is 4.43. The highest BCUT2D eigenvalue weighted by Crippen LogP contribution is 2.19. The highest BCUT2D eigenvalue weighted by Gasteiger charge is 2.21. The first-order chi connectivity index (χ1) is 7.24. The maximum Gasteiger partial charge on any atom is 0.120 e. The van der Waals surface area contributed by atoms with E-state index >= 15 is 0 Å². The normalized spacial score (nSPS) is 17.5. The first kappa shape index (κ1) is 10.5. The van der Waals surface area contributed by atoms with Crippen LogP contribution in [0.4, 0.5) is 0 Å². The summed E-state index contributed by atoms with van der Waals surface area (Å²) < 4.78 is 5.81. The van der Waals surface area contributed by atoms with Crippen LogP contribution in [0.2, 0.25) is 0 Å². The standard InChI is InChI=1S/C13H19NO/c1-10-4-3-5-13(8-10)15-11(2)9-14-12-6-7-12/h3-5,8,11-12,14H,6-7,9H2,1-2H3. The molecule has 0 amide bonds. The minimum Gasteiger partial charge on any atom is -0.489 e. The molecule has 2 nitrogen and oxygen atoms in total. The Hall–Kier alpha value is -1.02. The highest BCUT2D eigenvalue weighted by molar-refractivity contribution is 5.27. The second-order valence-electron chi connectivity index (χ2n) is 4.43. The number of ether oxygens (including phenoxy) is 1. The third kappa shape index (κ3) is 3.56. The van der Waals surface area contributed by atoms with E-state index in [2.05, 4.69) is 31.3 Å². The second kappa shape index (κ2) is 4.67. The minimum absolute atomic E-state index is 0.243. The Bertz CT molecular complexity index is 320. The zero-order chi connectivity index (χ0) is 10.7. The number of hydrogen-bond acceptors (Lipinski definition) is 2. The molecule has 1 aliphatic rings. The van der Waals surface area contributed by atoms with E-state index < -0.39 is 0 Å². The molecule has 0 bridgehead atoms. The Morgan fingerprint density at radius 3 is 2.93 bits per heavy atom. The molecule has 0 aromatic heterocycles. The lowest BCUT2D eigenvalue weighted by atomic mass is 10.2. The lowest BCUT2D eigenvalue weighted by Crippen LogP contribution is -2.30. The summed E-state index contributed by atoms with van der Waals surface area (Å²) in [7, 11) is 0. The van der Waals surface area contributed by atoms with Crippen LogP contribution in [-0.2, 0) is 0 Å². The molecule has 1 aromatic carbocycles. The van der Waals surface area contributed by atoms with Gasteiger partial charge in [0.15, 0.2) is 0 Å². The van der Waals surface area contributed by atoms with E-state index in [9.17, 15) is 0 Å². The molecular weight excluding hydrogens is 186 g/mol. The van der Waals surface area contributed by atoms with E-state index in [0.717, 1.165) is 18.3 Å². The van der Waals surface area contributed by atoms with Gasteiger partial charge in [-0.25, -0.2) is 0 Å². The molecule has 1 N–H and O–H groups in total. The number of benzene rings is 1. The Morgan fingerprint density at radius 2 is 2.27 bits per heavy atom. The molecule has 1 aromatic rings. The van der Waals surface area contributed by atoms with Crippen molar-refractivity contribution in [2.75, 3.05) is 6.54 Å². The van der Waals surface area contributed by atoms with Crippen molar-refractivity contribution in [3.8, 4) is 5.75 Å². The topological polar surface area (TPSA) is 21.3 Å². The number of rotatable bonds is 5. The fourth-order valence-electron chi connectivity index (χ4n) is 1.58. The van der Waals surface area contributed by atoms with E-state index in [1.165, 1.54) is 18.4 Å². The third-order valence-electron chi connectivity index (χ3n) is 2.60. The minimum atomic E-state index is 0.243. The van der Waals surface area contributed by atoms with Crippen molar-refractivity contribution in [2.24, 2.45) is 0 Å². The van der Waals surface area contributed by atoms with Gasteiger partial charge in [-0.3, -0.25) is 0 Å². The smallest absolute Gasteiger partial charge is 0.120 e. The van der Waals surface area contributed by atoms with Gasteiger partial charge in [-0.15, -0.1) is 0 Å². The Kier molecular flexibility index (Phi) is 3.27. The lowest BCUT2D eigenvalue weighted by molar-refractivity contribution is 0.216. The molecule has 82 valence electrons. The van der Waals surface area contributed by atoms with Crippen LogP contribution in [0.15, 0.2) is 24.3 Å². The molecule has 0 aliphatic heterocycles. The van der Waals surface area contributed by atoms with Crippen molar-refractivity contribution in [3.05, 3.63) is 29.8 Å². The van der Waals surface area contributed by atoms with E-state index in [1.807, 2.05) is 12.1 Å². The van der Waals surface area contributed by atoms with E-state index in [4.69, 9.17) is 4.74 Å². The zero-order valence-electron chi connectivity index (χ0n) is 9.49. The quantitative estimate of drug-likeness (QED) is 0.797. The predicted octanol–water partition coefficient (Wildman–Crippen LogP) is 2.51. The van der Waals surface area contributed by atoms with Gasteiger partial charge in [0.1, 0.15) is 11.9 Å². The van der Waals surface area contributed by atoms with Gasteiger partial charge in [0.25, 0.3) is 0 Å². The number of aryl methyl sites for hydroxylation is 1. The van der Waals surface area contributed by atoms with Gasteiger partial charge in [0, 0.05) is 12.6 Å². The zero-order valence-corrected chi connectivity index (χ0v) is 9.49. The predicted molar refractivity (Wildman–Crippen MR) is 62.3 cm³/mol. The van der Waals surface area contributed by atoms with Crippen molar-refractivity contribution in [1.29, 1.82) is 0 Å². The Balaban J connectivity index is 1.79. The summed E-state index contributed by atoms with van der Waals surface area (Å²) in [6.07, 6.45) is 2.90. The molecule has 1 aliphatic carbocycles. The maximum absolute atomic E-state index is 5.81. The summed E-state index contributed by atoms with van der Waals surface area (Å²) in [6, 6.07) is 8.97. The van der Waals surface area contributed by atoms with Gasteiger partial charge in [0.05, 0.1) is 0 Å². The summed E-state index contributed by atoms with van der Waals surface area (Å²) in [5.41, 5.74) is 1.25. The molecule has 2 rings (SSSR count). The first-order valence-corrected chi connectivity index (χ1v) is 5.71. The van der Waals surface area contributed by atoms with Crippen molar-refractivity contribution >= 4 is 0 Å². The van der Waals surface area contributed by atoms with Gasteiger partial charge in [0.2, 0.25) is 0 Å². The van der Waals surface area contributed by atoms with Gasteiger partial charge >= 0.3 is 0 Å². The summed E-state index contributed by atoms with van der Waals surface area (Å²) in [4.78, 5) is 0. The van der Waals surface area contributed by atoms with Crippen LogP contribution in [0.1, 0.15) is 25.3 Å². The van der Waals surface area contributed by atoms with Crippen LogP contribution >= 0.6 is 0 Å². The van der Waals surface area contributed by atoms with Crippen molar-refractivity contribution in [1.82, 2.24) is 5.32 Å². The molecule has 15 heavy (non-hydrogen) atoms. The molecule has 0 heterocycles. The Labute approximate surface area is 91.6 Å². The monoisotopic (exact) mass is 205 g/mol. The van der Waals surface area contributed by atoms with Gasteiger partial charge < -0.3 is 10.1 Å². The average Bonchev–Trinajstić information content (AvgIpc) is 2.98. The molecule has 0 spiro atoms. The van der Waals surface area contributed by atoms with Crippen LogP contribution in [0.5, 0.6) is 5.75 Å². The van der Waals surface area contributed by atoms with Crippen LogP contribution in [0.25, 0.3) is 0 Å². The SMILES string of the molecule is Cc1cccc(OC(C)CNC2CC2)c1. The molecule has 0 saturated heterocycles. The molecule has 1 atom stereocenters. The molecule has 1 unspecified atom stereocenters. The van der Waals surface area contributed by atoms with Gasteiger partial charge in [-0.2, -0.15) is 0 Å². The van der Waals surface area contributed by atoms with Crippen LogP contribution in [0.3, 0.4) is 0 Å². The lowest BCUT2D eigenvalue weighted by Gasteiger charge is -2.15. The van der Waals surface area contributed by atoms with Gasteiger partial charge in [-0.1, -0.05) is 12.1 Å². The summed E-state index contributed by atoms with van der Waals surface area (Å²) >= 11 is 0. The average molecular weight is 205 g/mol. The molecule has 1 saturated carbocycles. The summed E-state index contributed by atoms with van der Waals surface area (Å²) in [5, 5.41) is 3.47. The van der Waals surface area contributed by atoms with E-state index in [1.54, 1.807) is 0 Å². The number of nitrogens with one attached hydrogen (secondary N) is 1.